The molecule has 0 radical (unpaired) electrons. The lowest BCUT2D eigenvalue weighted by Gasteiger charge is -2.18. The van der Waals surface area contributed by atoms with Gasteiger partial charge in [0.05, 0.1) is 24.3 Å². The van der Waals surface area contributed by atoms with Gasteiger partial charge in [-0.15, -0.1) is 0 Å². The molecule has 1 unspecified atom stereocenters. The summed E-state index contributed by atoms with van der Waals surface area (Å²) in [5.41, 5.74) is 0.807. The lowest BCUT2D eigenvalue weighted by Crippen LogP contribution is -3.13. The molecule has 2 N–H and O–H groups in total. The van der Waals surface area contributed by atoms with Crippen molar-refractivity contribution in [2.75, 3.05) is 25.0 Å². The predicted octanol–water partition coefficient (Wildman–Crippen LogP) is 2.74. The second kappa shape index (κ2) is 9.41. The molecular formula is C24H28N7O2+. The summed E-state index contributed by atoms with van der Waals surface area (Å²) in [6, 6.07) is 12.0. The Morgan fingerprint density at radius 1 is 1.12 bits per heavy atom. The largest absolute Gasteiger partial charge is 0.486 e. The van der Waals surface area contributed by atoms with Crippen LogP contribution in [0.1, 0.15) is 19.8 Å². The summed E-state index contributed by atoms with van der Waals surface area (Å²) in [6.07, 6.45) is 7.72. The summed E-state index contributed by atoms with van der Waals surface area (Å²) in [6.45, 7) is 5.27. The van der Waals surface area contributed by atoms with Crippen LogP contribution in [0.15, 0.2) is 55.1 Å². The van der Waals surface area contributed by atoms with Gasteiger partial charge in [0.25, 0.3) is 0 Å². The van der Waals surface area contributed by atoms with E-state index < -0.39 is 0 Å². The van der Waals surface area contributed by atoms with E-state index in [9.17, 15) is 0 Å². The van der Waals surface area contributed by atoms with E-state index in [2.05, 4.69) is 32.3 Å². The highest BCUT2D eigenvalue weighted by Gasteiger charge is 2.23. The minimum atomic E-state index is 0.497. The van der Waals surface area contributed by atoms with Crippen LogP contribution in [-0.4, -0.2) is 50.5 Å². The number of fused-ring (bicyclic) bond motifs is 1. The van der Waals surface area contributed by atoms with Crippen molar-refractivity contribution >= 4 is 22.5 Å². The van der Waals surface area contributed by atoms with Crippen molar-refractivity contribution < 1.29 is 14.4 Å². The number of rotatable bonds is 8. The number of aryl methyl sites for hydroxylation is 1. The van der Waals surface area contributed by atoms with E-state index in [4.69, 9.17) is 9.47 Å². The molecule has 2 atom stereocenters. The van der Waals surface area contributed by atoms with Crippen LogP contribution in [0.3, 0.4) is 0 Å². The van der Waals surface area contributed by atoms with Gasteiger partial charge in [-0.25, -0.2) is 15.0 Å². The molecule has 33 heavy (non-hydrogen) atoms. The van der Waals surface area contributed by atoms with Crippen molar-refractivity contribution in [1.29, 1.82) is 0 Å². The minimum absolute atomic E-state index is 0.497. The van der Waals surface area contributed by atoms with Gasteiger partial charge in [-0.05, 0) is 31.2 Å². The summed E-state index contributed by atoms with van der Waals surface area (Å²) in [7, 11) is 1.87. The SMILES string of the molecule is C[C@H]1CCC[NH+]1CCOc1ccc(Oc2ccc3ncnc(Nc4ccn(C)n4)c3c2)nc1. The van der Waals surface area contributed by atoms with Gasteiger partial charge in [-0.2, -0.15) is 5.10 Å². The van der Waals surface area contributed by atoms with Crippen LogP contribution in [0, 0.1) is 0 Å². The summed E-state index contributed by atoms with van der Waals surface area (Å²) < 4.78 is 13.6. The zero-order valence-electron chi connectivity index (χ0n) is 18.9. The standard InChI is InChI=1S/C24H27N7O2/c1-17-4-3-10-31(17)12-13-32-19-6-8-23(25-15-19)33-18-5-7-21-20(14-18)24(27-16-26-21)28-22-9-11-30(2)29-22/h5-9,11,14-17H,3-4,10,12-13H2,1-2H3,(H,26,27,28,29)/p+1/t17-/m0/s1. The number of pyridine rings is 1. The van der Waals surface area contributed by atoms with Crippen LogP contribution in [0.2, 0.25) is 0 Å². The van der Waals surface area contributed by atoms with Gasteiger partial charge in [0.2, 0.25) is 5.88 Å². The number of hydrogen-bond donors (Lipinski definition) is 2. The third-order valence-corrected chi connectivity index (χ3v) is 6.02. The molecule has 1 saturated heterocycles. The number of nitrogens with zero attached hydrogens (tertiary/aromatic N) is 5. The first-order valence-corrected chi connectivity index (χ1v) is 11.3. The number of hydrogen-bond acceptors (Lipinski definition) is 7. The fourth-order valence-corrected chi connectivity index (χ4v) is 4.19. The van der Waals surface area contributed by atoms with Crippen molar-refractivity contribution in [3.8, 4) is 17.4 Å². The van der Waals surface area contributed by atoms with E-state index in [1.54, 1.807) is 15.8 Å². The summed E-state index contributed by atoms with van der Waals surface area (Å²) in [4.78, 5) is 14.7. The minimum Gasteiger partial charge on any atom is -0.486 e. The van der Waals surface area contributed by atoms with Crippen molar-refractivity contribution in [1.82, 2.24) is 24.7 Å². The van der Waals surface area contributed by atoms with E-state index >= 15 is 0 Å². The first kappa shape index (κ1) is 21.1. The van der Waals surface area contributed by atoms with Crippen LogP contribution in [-0.2, 0) is 7.05 Å². The van der Waals surface area contributed by atoms with Gasteiger partial charge >= 0.3 is 0 Å². The predicted molar refractivity (Wildman–Crippen MR) is 125 cm³/mol. The smallest absolute Gasteiger partial charge is 0.219 e. The van der Waals surface area contributed by atoms with Gasteiger partial charge in [0.15, 0.2) is 5.82 Å². The van der Waals surface area contributed by atoms with E-state index in [1.807, 2.05) is 49.6 Å². The third-order valence-electron chi connectivity index (χ3n) is 6.02. The number of benzene rings is 1. The van der Waals surface area contributed by atoms with Crippen LogP contribution in [0.25, 0.3) is 10.9 Å². The topological polar surface area (TPSA) is 91.4 Å². The van der Waals surface area contributed by atoms with Crippen molar-refractivity contribution in [3.05, 3.63) is 55.1 Å². The normalized spacial score (nSPS) is 17.9. The van der Waals surface area contributed by atoms with E-state index in [0.29, 0.717) is 29.9 Å². The Labute approximate surface area is 192 Å². The number of aromatic nitrogens is 5. The monoisotopic (exact) mass is 446 g/mol. The van der Waals surface area contributed by atoms with E-state index in [0.717, 1.165) is 29.2 Å². The van der Waals surface area contributed by atoms with Gasteiger partial charge in [0.1, 0.15) is 36.8 Å². The quantitative estimate of drug-likeness (QED) is 0.430. The van der Waals surface area contributed by atoms with Gasteiger partial charge in [0, 0.05) is 43.6 Å². The van der Waals surface area contributed by atoms with Gasteiger partial charge in [-0.1, -0.05) is 0 Å². The molecular weight excluding hydrogens is 418 g/mol. The molecule has 1 aromatic carbocycles. The molecule has 0 spiro atoms. The number of anilines is 2. The Balaban J connectivity index is 1.24. The first-order valence-electron chi connectivity index (χ1n) is 11.3. The first-order chi connectivity index (χ1) is 16.1. The Morgan fingerprint density at radius 3 is 2.79 bits per heavy atom. The highest BCUT2D eigenvalue weighted by atomic mass is 16.5. The zero-order chi connectivity index (χ0) is 22.6. The maximum Gasteiger partial charge on any atom is 0.219 e. The molecule has 0 saturated carbocycles. The third kappa shape index (κ3) is 5.04. The summed E-state index contributed by atoms with van der Waals surface area (Å²) >= 11 is 0. The second-order valence-corrected chi connectivity index (χ2v) is 8.39. The highest BCUT2D eigenvalue weighted by Crippen LogP contribution is 2.28. The molecule has 4 heterocycles. The maximum absolute atomic E-state index is 5.98. The zero-order valence-corrected chi connectivity index (χ0v) is 18.9. The molecule has 1 aliphatic rings. The molecule has 1 aliphatic heterocycles. The van der Waals surface area contributed by atoms with E-state index in [1.165, 1.54) is 25.7 Å². The second-order valence-electron chi connectivity index (χ2n) is 8.39. The summed E-state index contributed by atoms with van der Waals surface area (Å²) in [5.74, 6) is 3.27. The molecule has 0 aliphatic carbocycles. The van der Waals surface area contributed by atoms with E-state index in [-0.39, 0.29) is 0 Å². The molecule has 5 rings (SSSR count). The Bertz CT molecular complexity index is 1230. The van der Waals surface area contributed by atoms with Crippen molar-refractivity contribution in [2.24, 2.45) is 7.05 Å². The fourth-order valence-electron chi connectivity index (χ4n) is 4.19. The summed E-state index contributed by atoms with van der Waals surface area (Å²) in [5, 5.41) is 8.42. The fraction of sp³-hybridized carbons (Fsp3) is 0.333. The highest BCUT2D eigenvalue weighted by molar-refractivity contribution is 5.91. The maximum atomic E-state index is 5.98. The number of quaternary nitrogens is 1. The molecule has 9 heteroatoms. The average Bonchev–Trinajstić information content (AvgIpc) is 3.43. The Hall–Kier alpha value is -3.72. The van der Waals surface area contributed by atoms with Crippen molar-refractivity contribution in [3.63, 3.8) is 0 Å². The molecule has 9 nitrogen and oxygen atoms in total. The Kier molecular flexibility index (Phi) is 6.03. The molecule has 3 aromatic heterocycles. The van der Waals surface area contributed by atoms with Gasteiger partial charge in [-0.3, -0.25) is 4.68 Å². The molecule has 1 fully saturated rings. The molecule has 170 valence electrons. The number of nitrogens with one attached hydrogen (secondary N) is 2. The number of ether oxygens (including phenoxy) is 2. The average molecular weight is 447 g/mol. The molecule has 0 bridgehead atoms. The Morgan fingerprint density at radius 2 is 2.03 bits per heavy atom. The lowest BCUT2D eigenvalue weighted by molar-refractivity contribution is -0.910. The van der Waals surface area contributed by atoms with Gasteiger partial charge < -0.3 is 19.7 Å². The van der Waals surface area contributed by atoms with Crippen LogP contribution in [0.4, 0.5) is 11.6 Å². The van der Waals surface area contributed by atoms with Crippen molar-refractivity contribution in [2.45, 2.75) is 25.8 Å². The lowest BCUT2D eigenvalue weighted by atomic mass is 10.2. The molecule has 0 amide bonds. The van der Waals surface area contributed by atoms with Crippen LogP contribution >= 0.6 is 0 Å². The van der Waals surface area contributed by atoms with Crippen LogP contribution < -0.4 is 19.7 Å². The number of likely N-dealkylation sites (tertiary alicyclic amines) is 1. The molecule has 4 aromatic rings. The van der Waals surface area contributed by atoms with Crippen LogP contribution in [0.5, 0.6) is 17.4 Å².